The summed E-state index contributed by atoms with van der Waals surface area (Å²) in [6.45, 7) is 6.78. The third-order valence-corrected chi connectivity index (χ3v) is 5.18. The van der Waals surface area contributed by atoms with Crippen molar-refractivity contribution in [3.63, 3.8) is 0 Å². The van der Waals surface area contributed by atoms with Crippen molar-refractivity contribution in [2.45, 2.75) is 27.3 Å². The summed E-state index contributed by atoms with van der Waals surface area (Å²) < 4.78 is 1.98. The molecule has 5 heteroatoms. The summed E-state index contributed by atoms with van der Waals surface area (Å²) in [6.07, 6.45) is 1.92. The molecule has 1 aromatic heterocycles. The number of halogens is 1. The molecule has 0 saturated carbocycles. The van der Waals surface area contributed by atoms with E-state index in [0.29, 0.717) is 17.1 Å². The number of hydrogen-bond donors (Lipinski definition) is 1. The molecule has 0 fully saturated rings. The Balaban J connectivity index is 1.72. The fourth-order valence-electron chi connectivity index (χ4n) is 3.39. The standard InChI is InChI=1S/C22H20ClN3O/c1-13-4-6-16(7-5-13)12-26-15(3)18(14(2)25-26)11-20-19-10-17(23)8-9-21(19)24-22(20)27/h4-11H,12H2,1-3H3,(H,24,27)/b20-11-. The second-order valence-electron chi connectivity index (χ2n) is 6.93. The van der Waals surface area contributed by atoms with Crippen molar-refractivity contribution in [1.82, 2.24) is 9.78 Å². The molecule has 2 heterocycles. The lowest BCUT2D eigenvalue weighted by molar-refractivity contribution is -0.110. The van der Waals surface area contributed by atoms with Crippen molar-refractivity contribution < 1.29 is 4.79 Å². The van der Waals surface area contributed by atoms with Gasteiger partial charge in [0.05, 0.1) is 12.2 Å². The summed E-state index contributed by atoms with van der Waals surface area (Å²) in [5, 5.41) is 8.19. The maximum Gasteiger partial charge on any atom is 0.256 e. The van der Waals surface area contributed by atoms with Crippen LogP contribution in [0.15, 0.2) is 42.5 Å². The Hall–Kier alpha value is -2.85. The van der Waals surface area contributed by atoms with Crippen molar-refractivity contribution in [2.75, 3.05) is 5.32 Å². The number of carbonyl (C=O) groups excluding carboxylic acids is 1. The van der Waals surface area contributed by atoms with Gasteiger partial charge in [-0.05, 0) is 50.6 Å². The minimum Gasteiger partial charge on any atom is -0.321 e. The maximum absolute atomic E-state index is 12.4. The van der Waals surface area contributed by atoms with Crippen molar-refractivity contribution in [3.05, 3.63) is 81.1 Å². The lowest BCUT2D eigenvalue weighted by Gasteiger charge is -2.06. The summed E-state index contributed by atoms with van der Waals surface area (Å²) in [7, 11) is 0. The first-order chi connectivity index (χ1) is 12.9. The van der Waals surface area contributed by atoms with Gasteiger partial charge in [0.25, 0.3) is 5.91 Å². The van der Waals surface area contributed by atoms with Gasteiger partial charge in [0, 0.05) is 33.1 Å². The van der Waals surface area contributed by atoms with Gasteiger partial charge in [0.2, 0.25) is 0 Å². The largest absolute Gasteiger partial charge is 0.321 e. The zero-order chi connectivity index (χ0) is 19.1. The van der Waals surface area contributed by atoms with E-state index in [1.54, 1.807) is 6.07 Å². The molecule has 136 valence electrons. The molecule has 0 spiro atoms. The van der Waals surface area contributed by atoms with Gasteiger partial charge in [-0.15, -0.1) is 0 Å². The third kappa shape index (κ3) is 3.28. The highest BCUT2D eigenvalue weighted by molar-refractivity contribution is 6.36. The lowest BCUT2D eigenvalue weighted by Crippen LogP contribution is -2.05. The average Bonchev–Trinajstić information content (AvgIpc) is 3.08. The number of hydrogen-bond acceptors (Lipinski definition) is 2. The van der Waals surface area contributed by atoms with Gasteiger partial charge in [0.1, 0.15) is 0 Å². The Labute approximate surface area is 163 Å². The van der Waals surface area contributed by atoms with Crippen LogP contribution in [-0.2, 0) is 11.3 Å². The van der Waals surface area contributed by atoms with Crippen molar-refractivity contribution in [1.29, 1.82) is 0 Å². The second-order valence-corrected chi connectivity index (χ2v) is 7.37. The lowest BCUT2D eigenvalue weighted by atomic mass is 10.0. The van der Waals surface area contributed by atoms with Crippen LogP contribution in [0.4, 0.5) is 5.69 Å². The Kier molecular flexibility index (Phi) is 4.36. The summed E-state index contributed by atoms with van der Waals surface area (Å²) in [4.78, 5) is 12.4. The van der Waals surface area contributed by atoms with Crippen molar-refractivity contribution in [2.24, 2.45) is 0 Å². The molecule has 1 aliphatic rings. The van der Waals surface area contributed by atoms with Crippen LogP contribution in [0, 0.1) is 20.8 Å². The van der Waals surface area contributed by atoms with Gasteiger partial charge in [0.15, 0.2) is 0 Å². The molecular formula is C22H20ClN3O. The molecule has 0 saturated heterocycles. The molecule has 1 N–H and O–H groups in total. The van der Waals surface area contributed by atoms with Crippen LogP contribution >= 0.6 is 11.6 Å². The molecule has 0 atom stereocenters. The topological polar surface area (TPSA) is 46.9 Å². The first-order valence-corrected chi connectivity index (χ1v) is 9.22. The van der Waals surface area contributed by atoms with Gasteiger partial charge < -0.3 is 5.32 Å². The van der Waals surface area contributed by atoms with Crippen molar-refractivity contribution in [3.8, 4) is 0 Å². The Morgan fingerprint density at radius 1 is 1.11 bits per heavy atom. The van der Waals surface area contributed by atoms with Crippen LogP contribution in [0.5, 0.6) is 0 Å². The molecule has 1 aliphatic heterocycles. The first-order valence-electron chi connectivity index (χ1n) is 8.85. The second kappa shape index (κ2) is 6.71. The van der Waals surface area contributed by atoms with E-state index >= 15 is 0 Å². The van der Waals surface area contributed by atoms with Gasteiger partial charge in [-0.3, -0.25) is 9.48 Å². The minimum absolute atomic E-state index is 0.114. The zero-order valence-electron chi connectivity index (χ0n) is 15.5. The summed E-state index contributed by atoms with van der Waals surface area (Å²) in [5.74, 6) is -0.114. The number of rotatable bonds is 3. The van der Waals surface area contributed by atoms with E-state index < -0.39 is 0 Å². The smallest absolute Gasteiger partial charge is 0.256 e. The highest BCUT2D eigenvalue weighted by Crippen LogP contribution is 2.35. The molecule has 0 aliphatic carbocycles. The van der Waals surface area contributed by atoms with Crippen LogP contribution in [-0.4, -0.2) is 15.7 Å². The monoisotopic (exact) mass is 377 g/mol. The average molecular weight is 378 g/mol. The van der Waals surface area contributed by atoms with Crippen molar-refractivity contribution >= 4 is 34.8 Å². The number of carbonyl (C=O) groups is 1. The highest BCUT2D eigenvalue weighted by Gasteiger charge is 2.25. The molecule has 3 aromatic rings. The molecule has 4 rings (SSSR count). The normalized spacial score (nSPS) is 14.5. The number of nitrogens with one attached hydrogen (secondary N) is 1. The van der Waals surface area contributed by atoms with E-state index in [1.807, 2.05) is 36.7 Å². The SMILES string of the molecule is Cc1ccc(Cn2nc(C)c(/C=C3\C(=O)Nc4ccc(Cl)cc43)c2C)cc1. The van der Waals surface area contributed by atoms with Gasteiger partial charge in [-0.25, -0.2) is 0 Å². The van der Waals surface area contributed by atoms with E-state index in [1.165, 1.54) is 11.1 Å². The highest BCUT2D eigenvalue weighted by atomic mass is 35.5. The van der Waals surface area contributed by atoms with Gasteiger partial charge in [-0.2, -0.15) is 5.10 Å². The maximum atomic E-state index is 12.4. The Morgan fingerprint density at radius 3 is 2.59 bits per heavy atom. The van der Waals surface area contributed by atoms with E-state index in [-0.39, 0.29) is 5.91 Å². The number of fused-ring (bicyclic) bond motifs is 1. The zero-order valence-corrected chi connectivity index (χ0v) is 16.3. The van der Waals surface area contributed by atoms with Crippen LogP contribution < -0.4 is 5.32 Å². The van der Waals surface area contributed by atoms with E-state index in [0.717, 1.165) is 28.2 Å². The Morgan fingerprint density at radius 2 is 1.85 bits per heavy atom. The molecule has 4 nitrogen and oxygen atoms in total. The summed E-state index contributed by atoms with van der Waals surface area (Å²) in [5.41, 5.74) is 7.58. The van der Waals surface area contributed by atoms with Crippen LogP contribution in [0.25, 0.3) is 11.6 Å². The quantitative estimate of drug-likeness (QED) is 0.652. The van der Waals surface area contributed by atoms with E-state index in [9.17, 15) is 4.79 Å². The number of nitrogens with zero attached hydrogens (tertiary/aromatic N) is 2. The van der Waals surface area contributed by atoms with Crippen LogP contribution in [0.3, 0.4) is 0 Å². The van der Waals surface area contributed by atoms with Crippen LogP contribution in [0.1, 0.15) is 33.6 Å². The van der Waals surface area contributed by atoms with E-state index in [4.69, 9.17) is 11.6 Å². The number of aromatic nitrogens is 2. The fourth-order valence-corrected chi connectivity index (χ4v) is 3.56. The summed E-state index contributed by atoms with van der Waals surface area (Å²) in [6, 6.07) is 13.9. The fraction of sp³-hybridized carbons (Fsp3) is 0.182. The molecule has 27 heavy (non-hydrogen) atoms. The number of anilines is 1. The number of aryl methyl sites for hydroxylation is 2. The predicted octanol–water partition coefficient (Wildman–Crippen LogP) is 5.00. The van der Waals surface area contributed by atoms with E-state index in [2.05, 4.69) is 41.6 Å². The molecule has 2 aromatic carbocycles. The third-order valence-electron chi connectivity index (χ3n) is 4.94. The summed E-state index contributed by atoms with van der Waals surface area (Å²) >= 11 is 6.12. The van der Waals surface area contributed by atoms with Gasteiger partial charge in [-0.1, -0.05) is 41.4 Å². The molecular weight excluding hydrogens is 358 g/mol. The molecule has 0 radical (unpaired) electrons. The molecule has 0 unspecified atom stereocenters. The predicted molar refractivity (Wildman–Crippen MR) is 110 cm³/mol. The number of benzene rings is 2. The van der Waals surface area contributed by atoms with Gasteiger partial charge >= 0.3 is 0 Å². The number of amides is 1. The molecule has 0 bridgehead atoms. The van der Waals surface area contributed by atoms with Crippen LogP contribution in [0.2, 0.25) is 5.02 Å². The minimum atomic E-state index is -0.114. The molecule has 1 amide bonds. The first kappa shape index (κ1) is 17.6. The Bertz CT molecular complexity index is 1080.